The van der Waals surface area contributed by atoms with Gasteiger partial charge < -0.3 is 5.32 Å². The number of benzene rings is 2. The van der Waals surface area contributed by atoms with Gasteiger partial charge in [-0.15, -0.1) is 0 Å². The highest BCUT2D eigenvalue weighted by atomic mass is 35.5. The quantitative estimate of drug-likeness (QED) is 0.716. The molecule has 2 aliphatic heterocycles. The predicted molar refractivity (Wildman–Crippen MR) is 117 cm³/mol. The van der Waals surface area contributed by atoms with Crippen molar-refractivity contribution in [3.05, 3.63) is 69.7 Å². The molecule has 2 saturated heterocycles. The average molecular weight is 413 g/mol. The molecule has 2 atom stereocenters. The van der Waals surface area contributed by atoms with E-state index >= 15 is 0 Å². The van der Waals surface area contributed by atoms with E-state index in [1.807, 2.05) is 37.3 Å². The van der Waals surface area contributed by atoms with Gasteiger partial charge in [-0.25, -0.2) is 10.9 Å². The minimum absolute atomic E-state index is 0.0370. The molecule has 0 spiro atoms. The molecule has 2 heterocycles. The number of aryl methyl sites for hydroxylation is 2. The fraction of sp³-hybridized carbons (Fsp3) is 0.435. The number of nitrogens with one attached hydrogen (secondary N) is 3. The van der Waals surface area contributed by atoms with Crippen molar-refractivity contribution in [3.8, 4) is 0 Å². The highest BCUT2D eigenvalue weighted by Gasteiger charge is 2.32. The van der Waals surface area contributed by atoms with Crippen molar-refractivity contribution < 1.29 is 4.79 Å². The smallest absolute Gasteiger partial charge is 0.251 e. The number of hydrogen-bond donors (Lipinski definition) is 3. The summed E-state index contributed by atoms with van der Waals surface area (Å²) in [6.07, 6.45) is 3.27. The van der Waals surface area contributed by atoms with Gasteiger partial charge >= 0.3 is 0 Å². The van der Waals surface area contributed by atoms with Crippen LogP contribution in [0, 0.1) is 13.8 Å². The van der Waals surface area contributed by atoms with Crippen LogP contribution in [0.15, 0.2) is 42.5 Å². The number of piperidine rings is 1. The first-order chi connectivity index (χ1) is 14.0. The Labute approximate surface area is 177 Å². The van der Waals surface area contributed by atoms with Crippen molar-refractivity contribution in [2.24, 2.45) is 0 Å². The van der Waals surface area contributed by atoms with Gasteiger partial charge in [0.05, 0.1) is 6.17 Å². The standard InChI is InChI=1S/C23H29ClN4O/c1-15-3-4-18(13-16(15)2)23(29)25-20-9-11-28(12-10-20)22-14-21(26-27-22)17-5-7-19(24)8-6-17/h3-8,13,20-22,26-27H,9-12,14H2,1-2H3,(H,25,29). The molecule has 29 heavy (non-hydrogen) atoms. The second-order valence-corrected chi connectivity index (χ2v) is 8.66. The van der Waals surface area contributed by atoms with Crippen LogP contribution in [-0.2, 0) is 0 Å². The molecular formula is C23H29ClN4O. The highest BCUT2D eigenvalue weighted by Crippen LogP contribution is 2.26. The van der Waals surface area contributed by atoms with Crippen LogP contribution in [0.4, 0.5) is 0 Å². The van der Waals surface area contributed by atoms with Gasteiger partial charge in [-0.1, -0.05) is 29.8 Å². The van der Waals surface area contributed by atoms with Crippen LogP contribution in [0.2, 0.25) is 5.02 Å². The summed E-state index contributed by atoms with van der Waals surface area (Å²) in [7, 11) is 0. The van der Waals surface area contributed by atoms with Crippen molar-refractivity contribution in [1.82, 2.24) is 21.1 Å². The first-order valence-corrected chi connectivity index (χ1v) is 10.8. The van der Waals surface area contributed by atoms with Gasteiger partial charge in [-0.3, -0.25) is 9.69 Å². The monoisotopic (exact) mass is 412 g/mol. The maximum atomic E-state index is 12.6. The van der Waals surface area contributed by atoms with Crippen molar-refractivity contribution in [3.63, 3.8) is 0 Å². The van der Waals surface area contributed by atoms with E-state index in [0.29, 0.717) is 12.2 Å². The third-order valence-corrected chi connectivity index (χ3v) is 6.48. The van der Waals surface area contributed by atoms with Gasteiger partial charge in [-0.2, -0.15) is 0 Å². The Balaban J connectivity index is 1.27. The zero-order valence-corrected chi connectivity index (χ0v) is 17.8. The molecule has 3 N–H and O–H groups in total. The molecule has 2 fully saturated rings. The molecule has 0 aliphatic carbocycles. The molecule has 2 aromatic rings. The Morgan fingerprint density at radius 2 is 1.76 bits per heavy atom. The third kappa shape index (κ3) is 4.81. The third-order valence-electron chi connectivity index (χ3n) is 6.23. The minimum atomic E-state index is 0.0370. The molecular weight excluding hydrogens is 384 g/mol. The molecule has 1 amide bonds. The minimum Gasteiger partial charge on any atom is -0.349 e. The van der Waals surface area contributed by atoms with Crippen molar-refractivity contribution in [1.29, 1.82) is 0 Å². The number of hydrogen-bond acceptors (Lipinski definition) is 4. The summed E-state index contributed by atoms with van der Waals surface area (Å²) in [5.41, 5.74) is 11.2. The van der Waals surface area contributed by atoms with Crippen molar-refractivity contribution >= 4 is 17.5 Å². The number of halogens is 1. The van der Waals surface area contributed by atoms with E-state index in [2.05, 4.69) is 40.1 Å². The Morgan fingerprint density at radius 1 is 1.03 bits per heavy atom. The largest absolute Gasteiger partial charge is 0.349 e. The SMILES string of the molecule is Cc1ccc(C(=O)NC2CCN(C3CC(c4ccc(Cl)cc4)NN3)CC2)cc1C. The van der Waals surface area contributed by atoms with E-state index in [1.54, 1.807) is 0 Å². The molecule has 0 saturated carbocycles. The van der Waals surface area contributed by atoms with Crippen LogP contribution < -0.4 is 16.2 Å². The lowest BCUT2D eigenvalue weighted by Crippen LogP contribution is -2.51. The number of carbonyl (C=O) groups excluding carboxylic acids is 1. The van der Waals surface area contributed by atoms with Gasteiger partial charge in [0.15, 0.2) is 0 Å². The fourth-order valence-electron chi connectivity index (χ4n) is 4.20. The first-order valence-electron chi connectivity index (χ1n) is 10.4. The van der Waals surface area contributed by atoms with Crippen molar-refractivity contribution in [2.45, 2.75) is 51.4 Å². The Hall–Kier alpha value is -1.92. The summed E-state index contributed by atoms with van der Waals surface area (Å²) < 4.78 is 0. The summed E-state index contributed by atoms with van der Waals surface area (Å²) in [5.74, 6) is 0.0370. The fourth-order valence-corrected chi connectivity index (χ4v) is 4.33. The molecule has 2 aromatic carbocycles. The van der Waals surface area contributed by atoms with Gasteiger partial charge in [0.25, 0.3) is 5.91 Å². The second-order valence-electron chi connectivity index (χ2n) is 8.23. The Kier molecular flexibility index (Phi) is 6.20. The van der Waals surface area contributed by atoms with Gasteiger partial charge in [-0.05, 0) is 74.1 Å². The number of carbonyl (C=O) groups is 1. The molecule has 154 valence electrons. The lowest BCUT2D eigenvalue weighted by Gasteiger charge is -2.35. The molecule has 2 unspecified atom stereocenters. The zero-order valence-electron chi connectivity index (χ0n) is 17.0. The van der Waals surface area contributed by atoms with Gasteiger partial charge in [0.2, 0.25) is 0 Å². The van der Waals surface area contributed by atoms with E-state index in [1.165, 1.54) is 11.1 Å². The molecule has 4 rings (SSSR count). The molecule has 0 radical (unpaired) electrons. The van der Waals surface area contributed by atoms with Crippen LogP contribution in [-0.4, -0.2) is 36.1 Å². The Bertz CT molecular complexity index is 862. The number of amides is 1. The number of likely N-dealkylation sites (tertiary alicyclic amines) is 1. The average Bonchev–Trinajstić information content (AvgIpc) is 3.21. The number of rotatable bonds is 4. The normalized spacial score (nSPS) is 23.3. The molecule has 2 aliphatic rings. The number of nitrogens with zero attached hydrogens (tertiary/aromatic N) is 1. The molecule has 0 bridgehead atoms. The van der Waals surface area contributed by atoms with E-state index < -0.39 is 0 Å². The van der Waals surface area contributed by atoms with E-state index in [0.717, 1.165) is 48.5 Å². The molecule has 5 nitrogen and oxygen atoms in total. The van der Waals surface area contributed by atoms with E-state index in [9.17, 15) is 4.79 Å². The zero-order chi connectivity index (χ0) is 20.4. The summed E-state index contributed by atoms with van der Waals surface area (Å²) in [6, 6.07) is 14.5. The summed E-state index contributed by atoms with van der Waals surface area (Å²) in [6.45, 7) is 6.07. The summed E-state index contributed by atoms with van der Waals surface area (Å²) in [5, 5.41) is 3.98. The summed E-state index contributed by atoms with van der Waals surface area (Å²) >= 11 is 6.00. The second kappa shape index (κ2) is 8.84. The van der Waals surface area contributed by atoms with E-state index in [4.69, 9.17) is 11.6 Å². The lowest BCUT2D eigenvalue weighted by atomic mass is 10.0. The number of hydrazine groups is 1. The highest BCUT2D eigenvalue weighted by molar-refractivity contribution is 6.30. The first kappa shape index (κ1) is 20.4. The lowest BCUT2D eigenvalue weighted by molar-refractivity contribution is 0.0880. The predicted octanol–water partition coefficient (Wildman–Crippen LogP) is 3.72. The Morgan fingerprint density at radius 3 is 2.45 bits per heavy atom. The summed E-state index contributed by atoms with van der Waals surface area (Å²) in [4.78, 5) is 15.1. The van der Waals surface area contributed by atoms with Crippen molar-refractivity contribution in [2.75, 3.05) is 13.1 Å². The van der Waals surface area contributed by atoms with Crippen LogP contribution in [0.3, 0.4) is 0 Å². The topological polar surface area (TPSA) is 56.4 Å². The maximum absolute atomic E-state index is 12.6. The van der Waals surface area contributed by atoms with Crippen LogP contribution in [0.25, 0.3) is 0 Å². The van der Waals surface area contributed by atoms with Gasteiger partial charge in [0.1, 0.15) is 0 Å². The van der Waals surface area contributed by atoms with Crippen LogP contribution in [0.1, 0.15) is 52.4 Å². The van der Waals surface area contributed by atoms with Gasteiger partial charge in [0, 0.05) is 35.8 Å². The van der Waals surface area contributed by atoms with E-state index in [-0.39, 0.29) is 11.9 Å². The molecule has 0 aromatic heterocycles. The molecule has 6 heteroatoms. The van der Waals surface area contributed by atoms with Crippen LogP contribution >= 0.6 is 11.6 Å². The maximum Gasteiger partial charge on any atom is 0.251 e. The van der Waals surface area contributed by atoms with Crippen LogP contribution in [0.5, 0.6) is 0 Å².